The fourth-order valence-corrected chi connectivity index (χ4v) is 2.32. The Morgan fingerprint density at radius 1 is 1.20 bits per heavy atom. The first-order valence-electron chi connectivity index (χ1n) is 8.60. The molecule has 140 valence electrons. The molecule has 1 atom stereocenters. The molecule has 0 radical (unpaired) electrons. The third-order valence-electron chi connectivity index (χ3n) is 3.95. The van der Waals surface area contributed by atoms with E-state index >= 15 is 0 Å². The largest absolute Gasteiger partial charge is 0.384 e. The van der Waals surface area contributed by atoms with Gasteiger partial charge in [-0.15, -0.1) is 24.0 Å². The second kappa shape index (κ2) is 10.6. The monoisotopic (exact) mass is 460 g/mol. The number of aliphatic hydroxyl groups is 1. The van der Waals surface area contributed by atoms with Gasteiger partial charge >= 0.3 is 0 Å². The standard InChI is InChI=1S/C18H28N4O2.HI/c1-3-19-17(21-12-11-20-16(23)14-9-10-14)22-13-18(2,24)15-7-5-4-6-8-15;/h4-8,14,24H,3,9-13H2,1-2H3,(H,20,23)(H2,19,21,22);1H. The van der Waals surface area contributed by atoms with Crippen molar-refractivity contribution in [3.8, 4) is 0 Å². The molecule has 6 nitrogen and oxygen atoms in total. The molecule has 1 unspecified atom stereocenters. The highest BCUT2D eigenvalue weighted by atomic mass is 127. The van der Waals surface area contributed by atoms with Gasteiger partial charge in [-0.1, -0.05) is 30.3 Å². The van der Waals surface area contributed by atoms with E-state index in [2.05, 4.69) is 20.9 Å². The van der Waals surface area contributed by atoms with Crippen LogP contribution < -0.4 is 16.0 Å². The lowest BCUT2D eigenvalue weighted by atomic mass is 9.96. The zero-order chi connectivity index (χ0) is 17.4. The number of carbonyl (C=O) groups is 1. The predicted octanol–water partition coefficient (Wildman–Crippen LogP) is 1.59. The molecule has 1 fully saturated rings. The van der Waals surface area contributed by atoms with Gasteiger partial charge in [-0.05, 0) is 32.3 Å². The number of nitrogens with zero attached hydrogens (tertiary/aromatic N) is 1. The highest BCUT2D eigenvalue weighted by Crippen LogP contribution is 2.28. The van der Waals surface area contributed by atoms with Crippen molar-refractivity contribution in [3.05, 3.63) is 35.9 Å². The van der Waals surface area contributed by atoms with Crippen LogP contribution in [0.5, 0.6) is 0 Å². The average Bonchev–Trinajstić information content (AvgIpc) is 3.42. The average molecular weight is 460 g/mol. The maximum absolute atomic E-state index is 11.6. The zero-order valence-electron chi connectivity index (χ0n) is 14.9. The molecule has 25 heavy (non-hydrogen) atoms. The lowest BCUT2D eigenvalue weighted by Gasteiger charge is -2.22. The van der Waals surface area contributed by atoms with Crippen LogP contribution in [0, 0.1) is 5.92 Å². The van der Waals surface area contributed by atoms with Gasteiger partial charge in [-0.3, -0.25) is 4.79 Å². The molecule has 1 aliphatic rings. The number of carbonyl (C=O) groups excluding carboxylic acids is 1. The molecular formula is C18H29IN4O2. The Bertz CT molecular complexity index is 559. The lowest BCUT2D eigenvalue weighted by Crippen LogP contribution is -2.42. The molecule has 2 rings (SSSR count). The van der Waals surface area contributed by atoms with Crippen molar-refractivity contribution >= 4 is 35.8 Å². The molecule has 0 saturated heterocycles. The van der Waals surface area contributed by atoms with Crippen LogP contribution in [-0.4, -0.2) is 43.2 Å². The normalized spacial score (nSPS) is 16.4. The van der Waals surface area contributed by atoms with Gasteiger partial charge in [0.05, 0.1) is 6.54 Å². The van der Waals surface area contributed by atoms with E-state index in [1.165, 1.54) is 0 Å². The van der Waals surface area contributed by atoms with Crippen LogP contribution in [0.4, 0.5) is 0 Å². The van der Waals surface area contributed by atoms with Crippen molar-refractivity contribution in [3.63, 3.8) is 0 Å². The molecule has 0 spiro atoms. The molecule has 1 aromatic carbocycles. The number of hydrogen-bond acceptors (Lipinski definition) is 3. The van der Waals surface area contributed by atoms with Crippen molar-refractivity contribution in [1.82, 2.24) is 16.0 Å². The van der Waals surface area contributed by atoms with Crippen LogP contribution in [0.3, 0.4) is 0 Å². The Morgan fingerprint density at radius 2 is 1.84 bits per heavy atom. The molecule has 0 heterocycles. The van der Waals surface area contributed by atoms with Crippen molar-refractivity contribution in [2.24, 2.45) is 10.9 Å². The molecule has 0 bridgehead atoms. The Kier molecular flexibility index (Phi) is 9.20. The molecule has 1 aromatic rings. The minimum atomic E-state index is -1.02. The molecule has 0 aliphatic heterocycles. The predicted molar refractivity (Wildman–Crippen MR) is 111 cm³/mol. The summed E-state index contributed by atoms with van der Waals surface area (Å²) in [6.07, 6.45) is 2.02. The first-order valence-corrected chi connectivity index (χ1v) is 8.60. The van der Waals surface area contributed by atoms with E-state index in [1.807, 2.05) is 37.3 Å². The maximum Gasteiger partial charge on any atom is 0.223 e. The summed E-state index contributed by atoms with van der Waals surface area (Å²) in [6, 6.07) is 9.51. The van der Waals surface area contributed by atoms with E-state index in [0.29, 0.717) is 19.0 Å². The minimum Gasteiger partial charge on any atom is -0.384 e. The van der Waals surface area contributed by atoms with Gasteiger partial charge in [-0.25, -0.2) is 4.99 Å². The van der Waals surface area contributed by atoms with E-state index in [1.54, 1.807) is 6.92 Å². The van der Waals surface area contributed by atoms with Gasteiger partial charge in [0, 0.05) is 25.6 Å². The molecule has 4 N–H and O–H groups in total. The Hall–Kier alpha value is -1.35. The van der Waals surface area contributed by atoms with E-state index in [-0.39, 0.29) is 42.3 Å². The first-order chi connectivity index (χ1) is 11.5. The molecular weight excluding hydrogens is 431 g/mol. The lowest BCUT2D eigenvalue weighted by molar-refractivity contribution is -0.122. The summed E-state index contributed by atoms with van der Waals surface area (Å²) in [5.74, 6) is 1.01. The van der Waals surface area contributed by atoms with Crippen LogP contribution in [0.1, 0.15) is 32.3 Å². The number of guanidine groups is 1. The molecule has 1 amide bonds. The number of hydrogen-bond donors (Lipinski definition) is 4. The van der Waals surface area contributed by atoms with Crippen LogP contribution in [-0.2, 0) is 10.4 Å². The summed E-state index contributed by atoms with van der Waals surface area (Å²) in [4.78, 5) is 16.0. The summed E-state index contributed by atoms with van der Waals surface area (Å²) < 4.78 is 0. The van der Waals surface area contributed by atoms with Crippen LogP contribution >= 0.6 is 24.0 Å². The topological polar surface area (TPSA) is 85.8 Å². The van der Waals surface area contributed by atoms with Crippen molar-refractivity contribution in [2.45, 2.75) is 32.3 Å². The maximum atomic E-state index is 11.6. The number of amides is 1. The van der Waals surface area contributed by atoms with E-state index in [0.717, 1.165) is 24.9 Å². The molecule has 0 aromatic heterocycles. The number of halogens is 1. The first kappa shape index (κ1) is 21.7. The SMILES string of the molecule is CCNC(=NCC(C)(O)c1ccccc1)NCCNC(=O)C1CC1.I. The Morgan fingerprint density at radius 3 is 2.44 bits per heavy atom. The summed E-state index contributed by atoms with van der Waals surface area (Å²) in [6.45, 7) is 5.88. The second-order valence-corrected chi connectivity index (χ2v) is 6.33. The highest BCUT2D eigenvalue weighted by molar-refractivity contribution is 14.0. The van der Waals surface area contributed by atoms with Crippen LogP contribution in [0.15, 0.2) is 35.3 Å². The van der Waals surface area contributed by atoms with E-state index in [4.69, 9.17) is 0 Å². The summed E-state index contributed by atoms with van der Waals surface area (Å²) >= 11 is 0. The highest BCUT2D eigenvalue weighted by Gasteiger charge is 2.29. The number of benzene rings is 1. The number of aliphatic imine (C=N–C) groups is 1. The molecule has 1 saturated carbocycles. The van der Waals surface area contributed by atoms with Crippen molar-refractivity contribution in [1.29, 1.82) is 0 Å². The quantitative estimate of drug-likeness (QED) is 0.206. The van der Waals surface area contributed by atoms with Crippen molar-refractivity contribution < 1.29 is 9.90 Å². The summed E-state index contributed by atoms with van der Waals surface area (Å²) in [5.41, 5.74) is -0.189. The Balaban J connectivity index is 0.00000312. The third-order valence-corrected chi connectivity index (χ3v) is 3.95. The third kappa shape index (κ3) is 7.60. The Labute approximate surface area is 166 Å². The number of nitrogens with one attached hydrogen (secondary N) is 3. The smallest absolute Gasteiger partial charge is 0.223 e. The number of rotatable bonds is 8. The summed E-state index contributed by atoms with van der Waals surface area (Å²) in [5, 5.41) is 19.8. The van der Waals surface area contributed by atoms with Gasteiger partial charge in [0.15, 0.2) is 5.96 Å². The van der Waals surface area contributed by atoms with Gasteiger partial charge in [-0.2, -0.15) is 0 Å². The van der Waals surface area contributed by atoms with Crippen LogP contribution in [0.25, 0.3) is 0 Å². The van der Waals surface area contributed by atoms with Crippen LogP contribution in [0.2, 0.25) is 0 Å². The van der Waals surface area contributed by atoms with Crippen molar-refractivity contribution in [2.75, 3.05) is 26.2 Å². The van der Waals surface area contributed by atoms with Gasteiger partial charge < -0.3 is 21.1 Å². The molecule has 7 heteroatoms. The van der Waals surface area contributed by atoms with E-state index < -0.39 is 5.60 Å². The van der Waals surface area contributed by atoms with Gasteiger partial charge in [0.25, 0.3) is 0 Å². The fourth-order valence-electron chi connectivity index (χ4n) is 2.32. The van der Waals surface area contributed by atoms with Gasteiger partial charge in [0.1, 0.15) is 5.60 Å². The van der Waals surface area contributed by atoms with E-state index in [9.17, 15) is 9.90 Å². The van der Waals surface area contributed by atoms with Gasteiger partial charge in [0.2, 0.25) is 5.91 Å². The fraction of sp³-hybridized carbons (Fsp3) is 0.556. The zero-order valence-corrected chi connectivity index (χ0v) is 17.2. The second-order valence-electron chi connectivity index (χ2n) is 6.33. The minimum absolute atomic E-state index is 0. The molecule has 1 aliphatic carbocycles. The summed E-state index contributed by atoms with van der Waals surface area (Å²) in [7, 11) is 0.